The van der Waals surface area contributed by atoms with E-state index in [-0.39, 0.29) is 44.3 Å². The third-order valence-electron chi connectivity index (χ3n) is 1.58. The van der Waals surface area contributed by atoms with Gasteiger partial charge in [0.2, 0.25) is 0 Å². The predicted molar refractivity (Wildman–Crippen MR) is 64.6 cm³/mol. The maximum Gasteiger partial charge on any atom is 0.168 e. The second-order valence-electron chi connectivity index (χ2n) is 2.94. The van der Waals surface area contributed by atoms with Crippen LogP contribution in [0.25, 0.3) is 0 Å². The van der Waals surface area contributed by atoms with Gasteiger partial charge in [-0.3, -0.25) is 4.79 Å². The number of hydrogen-bond donors (Lipinski definition) is 0. The van der Waals surface area contributed by atoms with Crippen LogP contribution in [0.15, 0.2) is 17.1 Å². The monoisotopic (exact) mass is 381 g/mol. The van der Waals surface area contributed by atoms with Gasteiger partial charge in [0, 0.05) is 38.8 Å². The molecule has 0 saturated carbocycles. The molecule has 2 nitrogen and oxygen atoms in total. The third-order valence-corrected chi connectivity index (χ3v) is 1.58. The topological polar surface area (TPSA) is 22.0 Å². The van der Waals surface area contributed by atoms with E-state index in [0.29, 0.717) is 0 Å². The van der Waals surface area contributed by atoms with E-state index in [0.717, 1.165) is 5.56 Å². The summed E-state index contributed by atoms with van der Waals surface area (Å²) in [6, 6.07) is 4.80. The third kappa shape index (κ3) is 5.61. The number of pyridine rings is 1. The molecule has 0 amide bonds. The molecular formula is C10H15INOY-. The van der Waals surface area contributed by atoms with Crippen LogP contribution in [0.1, 0.15) is 25.5 Å². The first kappa shape index (κ1) is 17.2. The Morgan fingerprint density at radius 3 is 2.29 bits per heavy atom. The maximum absolute atomic E-state index is 11.2. The molecule has 0 aliphatic heterocycles. The van der Waals surface area contributed by atoms with Crippen molar-refractivity contribution in [2.24, 2.45) is 0 Å². The fourth-order valence-electron chi connectivity index (χ4n) is 0.940. The molecule has 0 fully saturated rings. The van der Waals surface area contributed by atoms with E-state index in [9.17, 15) is 4.79 Å². The zero-order valence-electron chi connectivity index (χ0n) is 9.04. The molecule has 0 bridgehead atoms. The van der Waals surface area contributed by atoms with E-state index < -0.39 is 0 Å². The summed E-state index contributed by atoms with van der Waals surface area (Å²) in [5, 5.41) is 0. The second kappa shape index (κ2) is 9.04. The van der Waals surface area contributed by atoms with E-state index in [1.54, 1.807) is 16.8 Å². The zero-order chi connectivity index (χ0) is 10.4. The van der Waals surface area contributed by atoms with Crippen LogP contribution in [-0.2, 0) is 32.7 Å². The summed E-state index contributed by atoms with van der Waals surface area (Å²) in [6.45, 7) is 5.82. The van der Waals surface area contributed by atoms with Crippen LogP contribution >= 0.6 is 22.6 Å². The van der Waals surface area contributed by atoms with Gasteiger partial charge < -0.3 is 4.57 Å². The van der Waals surface area contributed by atoms with Gasteiger partial charge in [-0.2, -0.15) is 0 Å². The molecule has 4 heteroatoms. The Labute approximate surface area is 124 Å². The van der Waals surface area contributed by atoms with Crippen LogP contribution in [0.5, 0.6) is 0 Å². The van der Waals surface area contributed by atoms with Crippen LogP contribution in [-0.4, -0.2) is 9.50 Å². The number of nitrogens with zero attached hydrogens (tertiary/aromatic N) is 1. The molecule has 0 saturated heterocycles. The molecule has 1 rings (SSSR count). The minimum atomic E-state index is 0. The van der Waals surface area contributed by atoms with Gasteiger partial charge in [-0.1, -0.05) is 35.7 Å². The Morgan fingerprint density at radius 2 is 1.93 bits per heavy atom. The number of aryl methyl sites for hydroxylation is 1. The summed E-state index contributed by atoms with van der Waals surface area (Å²) in [6.07, 6.45) is 1.71. The molecule has 1 radical (unpaired) electrons. The second-order valence-corrected chi connectivity index (χ2v) is 2.94. The summed E-state index contributed by atoms with van der Waals surface area (Å²) < 4.78 is 1.66. The number of hydrogen-bond acceptors (Lipinski definition) is 1. The average Bonchev–Trinajstić information content (AvgIpc) is 2.07. The summed E-state index contributed by atoms with van der Waals surface area (Å²) in [7, 11) is 0. The van der Waals surface area contributed by atoms with E-state index >= 15 is 0 Å². The maximum atomic E-state index is 11.2. The van der Waals surface area contributed by atoms with Crippen molar-refractivity contribution in [1.82, 2.24) is 4.57 Å². The van der Waals surface area contributed by atoms with Crippen molar-refractivity contribution in [2.45, 2.75) is 26.8 Å². The van der Waals surface area contributed by atoms with Crippen LogP contribution in [0.3, 0.4) is 0 Å². The quantitative estimate of drug-likeness (QED) is 0.417. The predicted octanol–water partition coefficient (Wildman–Crippen LogP) is 2.59. The van der Waals surface area contributed by atoms with Crippen molar-refractivity contribution >= 4 is 22.6 Å². The summed E-state index contributed by atoms with van der Waals surface area (Å²) in [5.41, 5.74) is 0.947. The van der Waals surface area contributed by atoms with Crippen molar-refractivity contribution in [2.75, 3.05) is 4.93 Å². The molecule has 0 atom stereocenters. The van der Waals surface area contributed by atoms with Crippen LogP contribution in [0.2, 0.25) is 0 Å². The zero-order valence-corrected chi connectivity index (χ0v) is 14.0. The number of aromatic nitrogens is 1. The van der Waals surface area contributed by atoms with Gasteiger partial charge >= 0.3 is 0 Å². The number of rotatable bonds is 1. The smallest absolute Gasteiger partial charge is 0.168 e. The van der Waals surface area contributed by atoms with Crippen LogP contribution in [0.4, 0.5) is 0 Å². The molecular weight excluding hydrogens is 366 g/mol. The van der Waals surface area contributed by atoms with Crippen molar-refractivity contribution in [3.8, 4) is 0 Å². The van der Waals surface area contributed by atoms with E-state index in [1.807, 2.05) is 25.7 Å². The normalized spacial score (nSPS) is 8.71. The first-order valence-electron chi connectivity index (χ1n) is 4.09. The molecule has 0 unspecified atom stereocenters. The Balaban J connectivity index is 0. The molecule has 14 heavy (non-hydrogen) atoms. The van der Waals surface area contributed by atoms with Crippen molar-refractivity contribution in [3.63, 3.8) is 0 Å². The molecule has 0 aromatic carbocycles. The molecule has 77 valence electrons. The molecule has 1 aromatic rings. The minimum Gasteiger partial charge on any atom is -0.346 e. The number of alkyl halides is 1. The van der Waals surface area contributed by atoms with Gasteiger partial charge in [0.25, 0.3) is 0 Å². The fraction of sp³-hybridized carbons (Fsp3) is 0.500. The van der Waals surface area contributed by atoms with E-state index in [1.165, 1.54) is 0 Å². The summed E-state index contributed by atoms with van der Waals surface area (Å²) >= 11 is 2.15. The Hall–Kier alpha value is 0.784. The summed E-state index contributed by atoms with van der Waals surface area (Å²) in [4.78, 5) is 13.2. The Kier molecular flexibility index (Phi) is 11.1. The van der Waals surface area contributed by atoms with E-state index in [4.69, 9.17) is 0 Å². The summed E-state index contributed by atoms with van der Waals surface area (Å²) in [5.74, 6) is 0. The minimum absolute atomic E-state index is 0. The fourth-order valence-corrected chi connectivity index (χ4v) is 0.940. The average molecular weight is 381 g/mol. The van der Waals surface area contributed by atoms with E-state index in [2.05, 4.69) is 28.7 Å². The largest absolute Gasteiger partial charge is 0.346 e. The molecule has 1 heterocycles. The standard InChI is InChI=1S/C9H12NO.CH3I.Y/c1-7(2)10-5-4-8(3)6-9(10)11;1-2;/h5-7H,1-3H3;1H3;/q-1;;. The molecule has 0 spiro atoms. The van der Waals surface area contributed by atoms with Crippen LogP contribution in [0, 0.1) is 13.0 Å². The molecule has 1 aromatic heterocycles. The van der Waals surface area contributed by atoms with Crippen molar-refractivity contribution in [3.05, 3.63) is 34.2 Å². The molecule has 0 aliphatic carbocycles. The first-order valence-corrected chi connectivity index (χ1v) is 6.25. The van der Waals surface area contributed by atoms with Gasteiger partial charge in [0.15, 0.2) is 5.56 Å². The SMILES string of the molecule is CI.Cc1[c-]cn(C(C)C)c(=O)c1.[Y]. The molecule has 0 N–H and O–H groups in total. The number of halogens is 1. The Morgan fingerprint density at radius 1 is 1.43 bits per heavy atom. The van der Waals surface area contributed by atoms with Gasteiger partial charge in [0.05, 0.1) is 0 Å². The van der Waals surface area contributed by atoms with Crippen LogP contribution < -0.4 is 5.56 Å². The van der Waals surface area contributed by atoms with Crippen molar-refractivity contribution in [1.29, 1.82) is 0 Å². The first-order chi connectivity index (χ1) is 6.11. The van der Waals surface area contributed by atoms with Gasteiger partial charge in [-0.15, -0.1) is 6.07 Å². The molecule has 0 aliphatic rings. The van der Waals surface area contributed by atoms with Gasteiger partial charge in [-0.05, 0) is 18.8 Å². The van der Waals surface area contributed by atoms with Crippen molar-refractivity contribution < 1.29 is 32.7 Å². The Bertz CT molecular complexity index is 309. The van der Waals surface area contributed by atoms with Gasteiger partial charge in [0.1, 0.15) is 0 Å². The van der Waals surface area contributed by atoms with Gasteiger partial charge in [-0.25, -0.2) is 11.6 Å².